The lowest BCUT2D eigenvalue weighted by molar-refractivity contribution is -0.402. The van der Waals surface area contributed by atoms with Crippen molar-refractivity contribution in [2.45, 2.75) is 26.0 Å². The van der Waals surface area contributed by atoms with Crippen molar-refractivity contribution >= 4 is 11.8 Å². The molecule has 1 saturated heterocycles. The molecule has 1 aromatic rings. The van der Waals surface area contributed by atoms with Crippen molar-refractivity contribution in [1.82, 2.24) is 4.90 Å². The van der Waals surface area contributed by atoms with Gasteiger partial charge in [0, 0.05) is 6.54 Å². The summed E-state index contributed by atoms with van der Waals surface area (Å²) in [6, 6.07) is 2.44. The Morgan fingerprint density at radius 1 is 1.50 bits per heavy atom. The van der Waals surface area contributed by atoms with E-state index in [1.807, 2.05) is 13.8 Å². The van der Waals surface area contributed by atoms with Gasteiger partial charge in [-0.15, -0.1) is 0 Å². The molecule has 0 N–H and O–H groups in total. The third-order valence-electron chi connectivity index (χ3n) is 2.85. The molecule has 2 rings (SSSR count). The number of furan rings is 1. The van der Waals surface area contributed by atoms with Gasteiger partial charge in [0.25, 0.3) is 5.91 Å². The van der Waals surface area contributed by atoms with Gasteiger partial charge in [0.05, 0.1) is 24.8 Å². The molecule has 7 heteroatoms. The monoisotopic (exact) mass is 254 g/mol. The molecule has 0 radical (unpaired) electrons. The Hall–Kier alpha value is -1.89. The van der Waals surface area contributed by atoms with Gasteiger partial charge in [0.15, 0.2) is 5.76 Å². The summed E-state index contributed by atoms with van der Waals surface area (Å²) >= 11 is 0. The van der Waals surface area contributed by atoms with Gasteiger partial charge >= 0.3 is 5.88 Å². The summed E-state index contributed by atoms with van der Waals surface area (Å²) in [6.07, 6.45) is -0.0462. The Labute approximate surface area is 103 Å². The molecule has 0 aromatic carbocycles. The Morgan fingerprint density at radius 2 is 2.22 bits per heavy atom. The summed E-state index contributed by atoms with van der Waals surface area (Å²) in [6.45, 7) is 4.64. The zero-order chi connectivity index (χ0) is 13.3. The Balaban J connectivity index is 2.16. The van der Waals surface area contributed by atoms with Gasteiger partial charge in [-0.25, -0.2) is 0 Å². The first kappa shape index (κ1) is 12.6. The summed E-state index contributed by atoms with van der Waals surface area (Å²) in [5.74, 6) is -0.777. The number of ether oxygens (including phenoxy) is 1. The van der Waals surface area contributed by atoms with Crippen LogP contribution in [0.1, 0.15) is 24.4 Å². The van der Waals surface area contributed by atoms with E-state index in [-0.39, 0.29) is 23.8 Å². The zero-order valence-electron chi connectivity index (χ0n) is 10.2. The highest BCUT2D eigenvalue weighted by molar-refractivity contribution is 5.92. The molecule has 1 fully saturated rings. The molecule has 18 heavy (non-hydrogen) atoms. The number of hydrogen-bond donors (Lipinski definition) is 0. The maximum absolute atomic E-state index is 12.1. The number of hydrogen-bond acceptors (Lipinski definition) is 5. The van der Waals surface area contributed by atoms with Gasteiger partial charge in [-0.3, -0.25) is 14.9 Å². The quantitative estimate of drug-likeness (QED) is 0.588. The van der Waals surface area contributed by atoms with Crippen molar-refractivity contribution in [3.8, 4) is 0 Å². The van der Waals surface area contributed by atoms with E-state index in [1.165, 1.54) is 12.1 Å². The van der Waals surface area contributed by atoms with Crippen LogP contribution in [-0.4, -0.2) is 41.0 Å². The van der Waals surface area contributed by atoms with Crippen molar-refractivity contribution in [1.29, 1.82) is 0 Å². The van der Waals surface area contributed by atoms with Crippen LogP contribution < -0.4 is 0 Å². The molecule has 0 aliphatic carbocycles. The molecule has 1 aromatic heterocycles. The molecule has 0 unspecified atom stereocenters. The Kier molecular flexibility index (Phi) is 3.33. The van der Waals surface area contributed by atoms with E-state index < -0.39 is 10.8 Å². The number of amides is 1. The summed E-state index contributed by atoms with van der Waals surface area (Å²) in [4.78, 5) is 23.6. The average Bonchev–Trinajstić information content (AvgIpc) is 2.81. The molecule has 1 amide bonds. The van der Waals surface area contributed by atoms with Gasteiger partial charge in [-0.2, -0.15) is 0 Å². The average molecular weight is 254 g/mol. The summed E-state index contributed by atoms with van der Waals surface area (Å²) < 4.78 is 10.3. The minimum Gasteiger partial charge on any atom is -0.395 e. The normalized spacial score (nSPS) is 24.0. The highest BCUT2D eigenvalue weighted by Crippen LogP contribution is 2.20. The third-order valence-corrected chi connectivity index (χ3v) is 2.85. The molecular formula is C11H14N2O5. The molecule has 2 atom stereocenters. The van der Waals surface area contributed by atoms with Gasteiger partial charge < -0.3 is 14.1 Å². The molecule has 1 aliphatic rings. The molecule has 98 valence electrons. The highest BCUT2D eigenvalue weighted by Gasteiger charge is 2.30. The van der Waals surface area contributed by atoms with Crippen LogP contribution in [-0.2, 0) is 4.74 Å². The summed E-state index contributed by atoms with van der Waals surface area (Å²) in [7, 11) is 0. The van der Waals surface area contributed by atoms with E-state index in [1.54, 1.807) is 4.90 Å². The molecule has 2 heterocycles. The lowest BCUT2D eigenvalue weighted by Gasteiger charge is -2.36. The van der Waals surface area contributed by atoms with Crippen molar-refractivity contribution in [3.05, 3.63) is 28.0 Å². The van der Waals surface area contributed by atoms with Gasteiger partial charge in [-0.05, 0) is 19.9 Å². The van der Waals surface area contributed by atoms with Crippen LogP contribution in [0, 0.1) is 10.1 Å². The summed E-state index contributed by atoms with van der Waals surface area (Å²) in [5, 5.41) is 10.5. The van der Waals surface area contributed by atoms with Crippen LogP contribution in [0.4, 0.5) is 5.88 Å². The molecular weight excluding hydrogens is 240 g/mol. The van der Waals surface area contributed by atoms with E-state index in [0.717, 1.165) is 0 Å². The van der Waals surface area contributed by atoms with Gasteiger partial charge in [-0.1, -0.05) is 0 Å². The Bertz CT molecular complexity index is 470. The molecule has 0 bridgehead atoms. The third kappa shape index (κ3) is 2.35. The second-order valence-corrected chi connectivity index (χ2v) is 4.35. The summed E-state index contributed by atoms with van der Waals surface area (Å²) in [5.41, 5.74) is 0. The smallest absolute Gasteiger partial charge is 0.395 e. The first-order valence-corrected chi connectivity index (χ1v) is 5.66. The Morgan fingerprint density at radius 3 is 2.83 bits per heavy atom. The topological polar surface area (TPSA) is 85.8 Å². The second kappa shape index (κ2) is 4.77. The number of carbonyl (C=O) groups is 1. The van der Waals surface area contributed by atoms with Gasteiger partial charge in [0.1, 0.15) is 4.92 Å². The van der Waals surface area contributed by atoms with Crippen molar-refractivity contribution < 1.29 is 18.9 Å². The second-order valence-electron chi connectivity index (χ2n) is 4.35. The predicted molar refractivity (Wildman–Crippen MR) is 61.3 cm³/mol. The fourth-order valence-corrected chi connectivity index (χ4v) is 1.87. The van der Waals surface area contributed by atoms with Gasteiger partial charge in [0.2, 0.25) is 0 Å². The fraction of sp³-hybridized carbons (Fsp3) is 0.545. The van der Waals surface area contributed by atoms with E-state index in [9.17, 15) is 14.9 Å². The van der Waals surface area contributed by atoms with Crippen LogP contribution in [0.15, 0.2) is 16.5 Å². The standard InChI is InChI=1S/C11H14N2O5/c1-7-6-17-8(2)5-12(7)11(14)9-3-4-10(18-9)13(15)16/h3-4,7-8H,5-6H2,1-2H3/t7-,8-/m1/s1. The molecule has 7 nitrogen and oxygen atoms in total. The maximum Gasteiger partial charge on any atom is 0.433 e. The first-order valence-electron chi connectivity index (χ1n) is 5.66. The van der Waals surface area contributed by atoms with Crippen LogP contribution in [0.5, 0.6) is 0 Å². The zero-order valence-corrected chi connectivity index (χ0v) is 10.2. The van der Waals surface area contributed by atoms with Crippen LogP contribution in [0.25, 0.3) is 0 Å². The lowest BCUT2D eigenvalue weighted by Crippen LogP contribution is -2.50. The maximum atomic E-state index is 12.1. The SMILES string of the molecule is C[C@@H]1CN(C(=O)c2ccc([N+](=O)[O-])o2)[C@H](C)CO1. The fourth-order valence-electron chi connectivity index (χ4n) is 1.87. The van der Waals surface area contributed by atoms with Crippen molar-refractivity contribution in [2.24, 2.45) is 0 Å². The minimum absolute atomic E-state index is 0.0114. The molecule has 0 spiro atoms. The van der Waals surface area contributed by atoms with E-state index in [2.05, 4.69) is 0 Å². The first-order chi connectivity index (χ1) is 8.49. The van der Waals surface area contributed by atoms with E-state index in [0.29, 0.717) is 13.2 Å². The number of rotatable bonds is 2. The van der Waals surface area contributed by atoms with Crippen LogP contribution >= 0.6 is 0 Å². The van der Waals surface area contributed by atoms with Crippen molar-refractivity contribution in [3.63, 3.8) is 0 Å². The van der Waals surface area contributed by atoms with Crippen LogP contribution in [0.3, 0.4) is 0 Å². The van der Waals surface area contributed by atoms with Crippen LogP contribution in [0.2, 0.25) is 0 Å². The largest absolute Gasteiger partial charge is 0.433 e. The number of nitro groups is 1. The number of morpholine rings is 1. The van der Waals surface area contributed by atoms with Crippen molar-refractivity contribution in [2.75, 3.05) is 13.2 Å². The predicted octanol–water partition coefficient (Wildman–Crippen LogP) is 1.44. The number of nitrogens with zero attached hydrogens (tertiary/aromatic N) is 2. The minimum atomic E-state index is -0.665. The van der Waals surface area contributed by atoms with E-state index in [4.69, 9.17) is 9.15 Å². The highest BCUT2D eigenvalue weighted by atomic mass is 16.6. The number of carbonyl (C=O) groups excluding carboxylic acids is 1. The lowest BCUT2D eigenvalue weighted by atomic mass is 10.2. The molecule has 1 aliphatic heterocycles. The van der Waals surface area contributed by atoms with E-state index >= 15 is 0 Å². The molecule has 0 saturated carbocycles.